The molecule has 1 aromatic heterocycles. The fourth-order valence-corrected chi connectivity index (χ4v) is 4.16. The largest absolute Gasteiger partial charge is 0.495 e. The van der Waals surface area contributed by atoms with Gasteiger partial charge in [0.05, 0.1) is 23.9 Å². The highest BCUT2D eigenvalue weighted by Crippen LogP contribution is 2.37. The van der Waals surface area contributed by atoms with E-state index in [9.17, 15) is 0 Å². The molecule has 1 aliphatic carbocycles. The smallest absolute Gasteiger partial charge is 0.137 e. The number of pyridine rings is 1. The van der Waals surface area contributed by atoms with E-state index >= 15 is 0 Å². The Morgan fingerprint density at radius 2 is 2.15 bits per heavy atom. The number of halogens is 1. The Hall–Kier alpha value is -2.25. The molecule has 26 heavy (non-hydrogen) atoms. The van der Waals surface area contributed by atoms with E-state index in [0.717, 1.165) is 24.4 Å². The molecule has 0 N–H and O–H groups in total. The monoisotopic (exact) mass is 369 g/mol. The first kappa shape index (κ1) is 18.5. The van der Waals surface area contributed by atoms with Gasteiger partial charge in [0.15, 0.2) is 0 Å². The summed E-state index contributed by atoms with van der Waals surface area (Å²) in [5.74, 6) is 1.30. The van der Waals surface area contributed by atoms with Gasteiger partial charge in [-0.3, -0.25) is 4.98 Å². The first-order valence-electron chi connectivity index (χ1n) is 9.11. The molecule has 4 nitrogen and oxygen atoms in total. The van der Waals surface area contributed by atoms with Crippen molar-refractivity contribution in [3.63, 3.8) is 0 Å². The average molecular weight is 370 g/mol. The molecule has 1 saturated carbocycles. The summed E-state index contributed by atoms with van der Waals surface area (Å²) in [6.07, 6.45) is 8.33. The van der Waals surface area contributed by atoms with Gasteiger partial charge in [0, 0.05) is 24.5 Å². The Labute approximate surface area is 160 Å². The van der Waals surface area contributed by atoms with Gasteiger partial charge in [-0.2, -0.15) is 5.26 Å². The standard InChI is InChI=1S/C21H24ClN3O/c1-3-25(19-8-7-16(12-23)21(22)11-19)18-6-4-5-15(9-18)17-10-20(26-2)14-24-13-17/h7-8,10-11,13-15,18H,3-6,9H2,1-2H3. The summed E-state index contributed by atoms with van der Waals surface area (Å²) in [6.45, 7) is 3.08. The minimum absolute atomic E-state index is 0.453. The van der Waals surface area contributed by atoms with Crippen LogP contribution in [0.1, 0.15) is 49.7 Å². The van der Waals surface area contributed by atoms with Gasteiger partial charge in [0.2, 0.25) is 0 Å². The number of hydrogen-bond donors (Lipinski definition) is 0. The second-order valence-electron chi connectivity index (χ2n) is 6.74. The van der Waals surface area contributed by atoms with E-state index in [1.54, 1.807) is 13.3 Å². The summed E-state index contributed by atoms with van der Waals surface area (Å²) in [5, 5.41) is 9.61. The first-order valence-corrected chi connectivity index (χ1v) is 9.49. The number of methoxy groups -OCH3 is 1. The third-order valence-electron chi connectivity index (χ3n) is 5.27. The van der Waals surface area contributed by atoms with Crippen molar-refractivity contribution in [3.05, 3.63) is 52.8 Å². The fraction of sp³-hybridized carbons (Fsp3) is 0.429. The number of anilines is 1. The predicted octanol–water partition coefficient (Wildman–Crippen LogP) is 5.17. The lowest BCUT2D eigenvalue weighted by atomic mass is 9.81. The molecule has 2 unspecified atom stereocenters. The SMILES string of the molecule is CCN(c1ccc(C#N)c(Cl)c1)C1CCCC(c2cncc(OC)c2)C1. The fourth-order valence-electron chi connectivity index (χ4n) is 3.95. The van der Waals surface area contributed by atoms with Gasteiger partial charge in [-0.1, -0.05) is 18.0 Å². The molecular formula is C21H24ClN3O. The lowest BCUT2D eigenvalue weighted by Gasteiger charge is -2.38. The summed E-state index contributed by atoms with van der Waals surface area (Å²) in [7, 11) is 1.68. The van der Waals surface area contributed by atoms with Crippen molar-refractivity contribution in [1.29, 1.82) is 5.26 Å². The molecule has 136 valence electrons. The lowest BCUT2D eigenvalue weighted by molar-refractivity contribution is 0.372. The first-order chi connectivity index (χ1) is 12.7. The zero-order valence-corrected chi connectivity index (χ0v) is 16.0. The number of hydrogen-bond acceptors (Lipinski definition) is 4. The van der Waals surface area contributed by atoms with Gasteiger partial charge in [-0.05, 0) is 61.9 Å². The van der Waals surface area contributed by atoms with Crippen molar-refractivity contribution < 1.29 is 4.74 Å². The summed E-state index contributed by atoms with van der Waals surface area (Å²) >= 11 is 6.26. The normalized spacial score (nSPS) is 19.6. The summed E-state index contributed by atoms with van der Waals surface area (Å²) in [6, 6.07) is 10.4. The van der Waals surface area contributed by atoms with Crippen molar-refractivity contribution in [3.8, 4) is 11.8 Å². The highest BCUT2D eigenvalue weighted by molar-refractivity contribution is 6.32. The van der Waals surface area contributed by atoms with Gasteiger partial charge >= 0.3 is 0 Å². The molecule has 1 aliphatic rings. The number of nitriles is 1. The van der Waals surface area contributed by atoms with Crippen molar-refractivity contribution in [2.24, 2.45) is 0 Å². The van der Waals surface area contributed by atoms with E-state index in [1.165, 1.54) is 24.8 Å². The summed E-state index contributed by atoms with van der Waals surface area (Å²) < 4.78 is 5.33. The van der Waals surface area contributed by atoms with Gasteiger partial charge in [0.25, 0.3) is 0 Å². The number of rotatable bonds is 5. The Balaban J connectivity index is 1.80. The maximum Gasteiger partial charge on any atom is 0.137 e. The Morgan fingerprint density at radius 3 is 2.85 bits per heavy atom. The van der Waals surface area contributed by atoms with Crippen LogP contribution >= 0.6 is 11.6 Å². The minimum Gasteiger partial charge on any atom is -0.495 e. The van der Waals surface area contributed by atoms with Crippen molar-refractivity contribution >= 4 is 17.3 Å². The highest BCUT2D eigenvalue weighted by Gasteiger charge is 2.28. The Kier molecular flexibility index (Phi) is 6.00. The number of nitrogens with zero attached hydrogens (tertiary/aromatic N) is 3. The molecule has 0 radical (unpaired) electrons. The molecule has 0 aliphatic heterocycles. The van der Waals surface area contributed by atoms with E-state index < -0.39 is 0 Å². The quantitative estimate of drug-likeness (QED) is 0.729. The van der Waals surface area contributed by atoms with Crippen LogP contribution in [0, 0.1) is 11.3 Å². The Morgan fingerprint density at radius 1 is 1.31 bits per heavy atom. The molecule has 2 atom stereocenters. The van der Waals surface area contributed by atoms with Gasteiger partial charge in [0.1, 0.15) is 11.8 Å². The molecule has 1 fully saturated rings. The third kappa shape index (κ3) is 3.94. The van der Waals surface area contributed by atoms with E-state index in [1.807, 2.05) is 24.4 Å². The summed E-state index contributed by atoms with van der Waals surface area (Å²) in [4.78, 5) is 6.73. The maximum atomic E-state index is 9.09. The maximum absolute atomic E-state index is 9.09. The van der Waals surface area contributed by atoms with Crippen LogP contribution in [-0.2, 0) is 0 Å². The zero-order chi connectivity index (χ0) is 18.5. The molecule has 1 aromatic carbocycles. The molecule has 0 spiro atoms. The molecule has 0 amide bonds. The van der Waals surface area contributed by atoms with Crippen molar-refractivity contribution in [1.82, 2.24) is 4.98 Å². The number of ether oxygens (including phenoxy) is 1. The molecule has 2 aromatic rings. The average Bonchev–Trinajstić information content (AvgIpc) is 2.69. The van der Waals surface area contributed by atoms with Gasteiger partial charge < -0.3 is 9.64 Å². The van der Waals surface area contributed by atoms with Crippen LogP contribution in [0.4, 0.5) is 5.69 Å². The predicted molar refractivity (Wildman–Crippen MR) is 105 cm³/mol. The van der Waals surface area contributed by atoms with Crippen LogP contribution in [0.2, 0.25) is 5.02 Å². The van der Waals surface area contributed by atoms with Gasteiger partial charge in [-0.15, -0.1) is 0 Å². The number of aromatic nitrogens is 1. The van der Waals surface area contributed by atoms with Crippen LogP contribution in [0.5, 0.6) is 5.75 Å². The molecular weight excluding hydrogens is 346 g/mol. The zero-order valence-electron chi connectivity index (χ0n) is 15.3. The highest BCUT2D eigenvalue weighted by atomic mass is 35.5. The van der Waals surface area contributed by atoms with E-state index in [2.05, 4.69) is 28.9 Å². The third-order valence-corrected chi connectivity index (χ3v) is 5.59. The second kappa shape index (κ2) is 8.42. The van der Waals surface area contributed by atoms with Gasteiger partial charge in [-0.25, -0.2) is 0 Å². The topological polar surface area (TPSA) is 49.2 Å². The van der Waals surface area contributed by atoms with Crippen LogP contribution in [0.15, 0.2) is 36.7 Å². The Bertz CT molecular complexity index is 802. The molecule has 1 heterocycles. The van der Waals surface area contributed by atoms with E-state index in [4.69, 9.17) is 21.6 Å². The molecule has 3 rings (SSSR count). The second-order valence-corrected chi connectivity index (χ2v) is 7.14. The number of benzene rings is 1. The van der Waals surface area contributed by atoms with Crippen molar-refractivity contribution in [2.45, 2.75) is 44.6 Å². The van der Waals surface area contributed by atoms with Crippen LogP contribution in [-0.4, -0.2) is 24.7 Å². The lowest BCUT2D eigenvalue weighted by Crippen LogP contribution is -2.38. The summed E-state index contributed by atoms with van der Waals surface area (Å²) in [5.41, 5.74) is 2.87. The van der Waals surface area contributed by atoms with Crippen LogP contribution in [0.25, 0.3) is 0 Å². The van der Waals surface area contributed by atoms with E-state index in [-0.39, 0.29) is 0 Å². The molecule has 0 bridgehead atoms. The molecule has 5 heteroatoms. The molecule has 0 saturated heterocycles. The van der Waals surface area contributed by atoms with Crippen molar-refractivity contribution in [2.75, 3.05) is 18.6 Å². The van der Waals surface area contributed by atoms with Crippen LogP contribution < -0.4 is 9.64 Å². The van der Waals surface area contributed by atoms with E-state index in [0.29, 0.717) is 22.5 Å². The minimum atomic E-state index is 0.453. The van der Waals surface area contributed by atoms with Crippen LogP contribution in [0.3, 0.4) is 0 Å².